The summed E-state index contributed by atoms with van der Waals surface area (Å²) in [5, 5.41) is 1.55. The van der Waals surface area contributed by atoms with E-state index < -0.39 is 28.3 Å². The van der Waals surface area contributed by atoms with Crippen LogP contribution in [-0.2, 0) is 18.4 Å². The Morgan fingerprint density at radius 2 is 1.47 bits per heavy atom. The molecule has 1 saturated heterocycles. The fraction of sp³-hybridized carbons (Fsp3) is 0.962. The third kappa shape index (κ3) is 8.61. The summed E-state index contributed by atoms with van der Waals surface area (Å²) < 4.78 is 19.6. The monoisotopic (exact) mass is 517 g/mol. The molecule has 0 bridgehead atoms. The summed E-state index contributed by atoms with van der Waals surface area (Å²) in [6, 6.07) is -0.338. The van der Waals surface area contributed by atoms with E-state index in [-0.39, 0.29) is 28.3 Å². The molecular weight excluding hydrogens is 462 g/mol. The number of hydrogen-bond acceptors (Lipinski definition) is 5. The van der Waals surface area contributed by atoms with Crippen LogP contribution < -0.4 is 0 Å². The topological polar surface area (TPSA) is 57.2 Å². The second kappa shape index (κ2) is 11.3. The van der Waals surface area contributed by atoms with E-state index in [0.29, 0.717) is 6.61 Å². The number of carbonyl (C=O) groups is 1. The van der Waals surface area contributed by atoms with Gasteiger partial charge in [-0.2, -0.15) is 5.06 Å². The van der Waals surface area contributed by atoms with E-state index in [4.69, 9.17) is 18.4 Å². The van der Waals surface area contributed by atoms with Crippen LogP contribution in [0, 0.1) is 0 Å². The van der Waals surface area contributed by atoms with Gasteiger partial charge < -0.3 is 13.6 Å². The molecule has 1 rings (SSSR count). The van der Waals surface area contributed by atoms with Gasteiger partial charge in [-0.1, -0.05) is 67.7 Å². The maximum absolute atomic E-state index is 13.3. The van der Waals surface area contributed by atoms with Crippen LogP contribution in [0.2, 0.25) is 36.3 Å². The molecule has 1 amide bonds. The van der Waals surface area contributed by atoms with Crippen molar-refractivity contribution in [2.45, 2.75) is 155 Å². The summed E-state index contributed by atoms with van der Waals surface area (Å²) in [6.07, 6.45) is 3.30. The van der Waals surface area contributed by atoms with Crippen LogP contribution in [-0.4, -0.2) is 58.2 Å². The van der Waals surface area contributed by atoms with Gasteiger partial charge in [-0.25, -0.2) is 4.79 Å². The Labute approximate surface area is 212 Å². The van der Waals surface area contributed by atoms with Crippen molar-refractivity contribution in [1.29, 1.82) is 0 Å². The number of amides is 1. The lowest BCUT2D eigenvalue weighted by atomic mass is 10.0. The molecule has 0 aromatic carbocycles. The molecule has 6 nitrogen and oxygen atoms in total. The first-order valence-electron chi connectivity index (χ1n) is 13.1. The third-order valence-electron chi connectivity index (χ3n) is 7.58. The molecule has 34 heavy (non-hydrogen) atoms. The Bertz CT molecular complexity index is 662. The van der Waals surface area contributed by atoms with E-state index >= 15 is 0 Å². The minimum Gasteiger partial charge on any atom is -0.442 e. The fourth-order valence-corrected chi connectivity index (χ4v) is 6.16. The molecule has 0 spiro atoms. The van der Waals surface area contributed by atoms with Crippen molar-refractivity contribution in [3.8, 4) is 0 Å². The van der Waals surface area contributed by atoms with Crippen molar-refractivity contribution in [3.63, 3.8) is 0 Å². The molecule has 0 aromatic rings. The number of hydrogen-bond donors (Lipinski definition) is 0. The molecule has 0 aliphatic carbocycles. The number of carbonyl (C=O) groups excluding carboxylic acids is 1. The van der Waals surface area contributed by atoms with Gasteiger partial charge >= 0.3 is 6.09 Å². The van der Waals surface area contributed by atoms with Crippen LogP contribution in [0.1, 0.15) is 94.9 Å². The first-order chi connectivity index (χ1) is 15.1. The van der Waals surface area contributed by atoms with Crippen LogP contribution in [0.15, 0.2) is 0 Å². The van der Waals surface area contributed by atoms with E-state index in [9.17, 15) is 4.79 Å². The summed E-state index contributed by atoms with van der Waals surface area (Å²) in [7, 11) is -4.22. The van der Waals surface area contributed by atoms with Gasteiger partial charge in [0.05, 0.1) is 12.2 Å². The summed E-state index contributed by atoms with van der Waals surface area (Å²) in [5.41, 5.74) is -0.610. The van der Waals surface area contributed by atoms with Crippen LogP contribution in [0.5, 0.6) is 0 Å². The average Bonchev–Trinajstić information content (AvgIpc) is 3.00. The second-order valence-electron chi connectivity index (χ2n) is 13.9. The molecule has 8 heteroatoms. The molecular formula is C26H55NO5Si2. The molecule has 0 saturated carbocycles. The van der Waals surface area contributed by atoms with E-state index in [2.05, 4.69) is 74.7 Å². The highest BCUT2D eigenvalue weighted by Crippen LogP contribution is 2.42. The summed E-state index contributed by atoms with van der Waals surface area (Å²) in [5.74, 6) is 0. The van der Waals surface area contributed by atoms with Gasteiger partial charge in [0.25, 0.3) is 0 Å². The molecule has 0 N–H and O–H groups in total. The zero-order valence-corrected chi connectivity index (χ0v) is 26.8. The summed E-state index contributed by atoms with van der Waals surface area (Å²) in [4.78, 5) is 19.3. The number of hydroxylamine groups is 2. The predicted molar refractivity (Wildman–Crippen MR) is 146 cm³/mol. The Hall–Kier alpha value is -0.416. The molecule has 1 heterocycles. The number of nitrogens with zero attached hydrogens (tertiary/aromatic N) is 1. The normalized spacial score (nSPS) is 21.6. The standard InChI is InChI=1S/C26H55NO5Si2/c1-15-16-17-18-20(31-33(11,12)25(5,6)7)22-21(32-34(13,14)26(8,9)10)19-29-27(22)23(28)30-24(2,3)4/h20-22H,15-19H2,1-14H3/t20-,21-,22-/m1/s1. The van der Waals surface area contributed by atoms with Crippen molar-refractivity contribution >= 4 is 22.7 Å². The first-order valence-corrected chi connectivity index (χ1v) is 19.0. The Kier molecular flexibility index (Phi) is 10.5. The average molecular weight is 518 g/mol. The first kappa shape index (κ1) is 31.6. The molecule has 1 fully saturated rings. The second-order valence-corrected chi connectivity index (χ2v) is 23.4. The van der Waals surface area contributed by atoms with Gasteiger partial charge in [-0.3, -0.25) is 4.84 Å². The Morgan fingerprint density at radius 1 is 0.941 bits per heavy atom. The van der Waals surface area contributed by atoms with Crippen molar-refractivity contribution < 1.29 is 23.2 Å². The number of ether oxygens (including phenoxy) is 1. The molecule has 0 radical (unpaired) electrons. The minimum absolute atomic E-state index is 0.0505. The predicted octanol–water partition coefficient (Wildman–Crippen LogP) is 7.90. The quantitative estimate of drug-likeness (QED) is 0.230. The Balaban J connectivity index is 3.42. The zero-order valence-electron chi connectivity index (χ0n) is 24.8. The maximum atomic E-state index is 13.3. The molecule has 0 aromatic heterocycles. The number of rotatable bonds is 9. The van der Waals surface area contributed by atoms with Gasteiger partial charge in [0.1, 0.15) is 18.2 Å². The van der Waals surface area contributed by atoms with E-state index in [1.165, 1.54) is 5.06 Å². The van der Waals surface area contributed by atoms with E-state index in [1.54, 1.807) is 0 Å². The lowest BCUT2D eigenvalue weighted by Gasteiger charge is -2.44. The molecule has 1 aliphatic rings. The third-order valence-corrected chi connectivity index (χ3v) is 16.6. The highest BCUT2D eigenvalue weighted by atomic mass is 28.4. The molecule has 0 unspecified atom stereocenters. The van der Waals surface area contributed by atoms with Crippen molar-refractivity contribution in [3.05, 3.63) is 0 Å². The van der Waals surface area contributed by atoms with Gasteiger partial charge in [0.15, 0.2) is 16.6 Å². The van der Waals surface area contributed by atoms with Crippen LogP contribution in [0.4, 0.5) is 4.79 Å². The van der Waals surface area contributed by atoms with E-state index in [1.807, 2.05) is 20.8 Å². The highest BCUT2D eigenvalue weighted by molar-refractivity contribution is 6.74. The van der Waals surface area contributed by atoms with Gasteiger partial charge in [0, 0.05) is 0 Å². The maximum Gasteiger partial charge on any atom is 0.434 e. The molecule has 202 valence electrons. The van der Waals surface area contributed by atoms with Gasteiger partial charge in [-0.15, -0.1) is 0 Å². The van der Waals surface area contributed by atoms with Gasteiger partial charge in [-0.05, 0) is 63.5 Å². The minimum atomic E-state index is -2.11. The van der Waals surface area contributed by atoms with Crippen LogP contribution in [0.3, 0.4) is 0 Å². The van der Waals surface area contributed by atoms with Gasteiger partial charge in [0.2, 0.25) is 0 Å². The van der Waals surface area contributed by atoms with Crippen molar-refractivity contribution in [2.75, 3.05) is 6.61 Å². The van der Waals surface area contributed by atoms with E-state index in [0.717, 1.165) is 25.7 Å². The SMILES string of the molecule is CCCCC[C@@H](O[Si](C)(C)C(C)(C)C)[C@@H]1[C@H](O[Si](C)(C)C(C)(C)C)CON1C(=O)OC(C)(C)C. The van der Waals surface area contributed by atoms with Crippen LogP contribution >= 0.6 is 0 Å². The van der Waals surface area contributed by atoms with Crippen molar-refractivity contribution in [2.24, 2.45) is 0 Å². The van der Waals surface area contributed by atoms with Crippen LogP contribution in [0.25, 0.3) is 0 Å². The lowest BCUT2D eigenvalue weighted by molar-refractivity contribution is -0.139. The molecule has 3 atom stereocenters. The number of unbranched alkanes of at least 4 members (excludes halogenated alkanes) is 2. The summed E-state index contributed by atoms with van der Waals surface area (Å²) >= 11 is 0. The fourth-order valence-electron chi connectivity index (χ4n) is 3.47. The lowest BCUT2D eigenvalue weighted by Crippen LogP contribution is -2.57. The largest absolute Gasteiger partial charge is 0.442 e. The van der Waals surface area contributed by atoms with Crippen molar-refractivity contribution in [1.82, 2.24) is 5.06 Å². The smallest absolute Gasteiger partial charge is 0.434 e. The zero-order chi connectivity index (χ0) is 26.8. The highest BCUT2D eigenvalue weighted by Gasteiger charge is 2.52. The molecule has 1 aliphatic heterocycles. The Morgan fingerprint density at radius 3 is 1.91 bits per heavy atom. The summed E-state index contributed by atoms with van der Waals surface area (Å²) in [6.45, 7) is 30.7.